The zero-order valence-corrected chi connectivity index (χ0v) is 22.0. The van der Waals surface area contributed by atoms with Crippen LogP contribution in [-0.2, 0) is 19.1 Å². The van der Waals surface area contributed by atoms with Crippen LogP contribution < -0.4 is 15.4 Å². The zero-order chi connectivity index (χ0) is 25.4. The van der Waals surface area contributed by atoms with Crippen LogP contribution in [0.1, 0.15) is 45.4 Å². The van der Waals surface area contributed by atoms with Crippen LogP contribution in [0.3, 0.4) is 0 Å². The van der Waals surface area contributed by atoms with E-state index in [0.29, 0.717) is 24.5 Å². The third-order valence-corrected chi connectivity index (χ3v) is 8.91. The fourth-order valence-electron chi connectivity index (χ4n) is 6.63. The van der Waals surface area contributed by atoms with Crippen molar-refractivity contribution < 1.29 is 29.0 Å². The van der Waals surface area contributed by atoms with Gasteiger partial charge in [0.05, 0.1) is 31.2 Å². The molecule has 3 heterocycles. The van der Waals surface area contributed by atoms with E-state index in [9.17, 15) is 19.5 Å². The number of benzene rings is 1. The molecule has 6 atom stereocenters. The fraction of sp³-hybridized carbons (Fsp3) is 0.654. The molecule has 9 nitrogen and oxygen atoms in total. The summed E-state index contributed by atoms with van der Waals surface area (Å²) in [5.74, 6) is -1.70. The van der Waals surface area contributed by atoms with Gasteiger partial charge >= 0.3 is 0 Å². The Kier molecular flexibility index (Phi) is 7.29. The SMILES string of the molecule is CCOc1ccc(NC(=O)[C@H]2[C@H]3C(=O)N(CCO)C(C(=O)NC4CCCCC4)C34CC(Br)[C@@H]2O4)cc1. The molecule has 36 heavy (non-hydrogen) atoms. The topological polar surface area (TPSA) is 117 Å². The van der Waals surface area contributed by atoms with Crippen LogP contribution in [0, 0.1) is 11.8 Å². The molecule has 4 aliphatic rings. The van der Waals surface area contributed by atoms with Crippen molar-refractivity contribution in [3.63, 3.8) is 0 Å². The second-order valence-corrected chi connectivity index (χ2v) is 11.4. The zero-order valence-electron chi connectivity index (χ0n) is 20.5. The molecule has 3 saturated heterocycles. The normalized spacial score (nSPS) is 33.5. The van der Waals surface area contributed by atoms with E-state index < -0.39 is 29.6 Å². The quantitative estimate of drug-likeness (QED) is 0.417. The first-order valence-electron chi connectivity index (χ1n) is 13.0. The number of hydrogen-bond donors (Lipinski definition) is 3. The lowest BCUT2D eigenvalue weighted by molar-refractivity contribution is -0.142. The molecule has 1 aromatic carbocycles. The maximum Gasteiger partial charge on any atom is 0.246 e. The number of halogens is 1. The van der Waals surface area contributed by atoms with Crippen LogP contribution in [-0.4, -0.2) is 76.1 Å². The van der Waals surface area contributed by atoms with E-state index in [4.69, 9.17) is 9.47 Å². The molecule has 1 aliphatic carbocycles. The van der Waals surface area contributed by atoms with Crippen molar-refractivity contribution in [1.82, 2.24) is 10.2 Å². The van der Waals surface area contributed by atoms with Gasteiger partial charge in [0.1, 0.15) is 17.4 Å². The third kappa shape index (κ3) is 4.31. The minimum absolute atomic E-state index is 0.0219. The number of ether oxygens (including phenoxy) is 2. The van der Waals surface area contributed by atoms with Crippen LogP contribution in [0.4, 0.5) is 5.69 Å². The number of carbonyl (C=O) groups is 3. The predicted molar refractivity (Wildman–Crippen MR) is 136 cm³/mol. The Morgan fingerprint density at radius 2 is 1.92 bits per heavy atom. The van der Waals surface area contributed by atoms with Gasteiger partial charge in [-0.15, -0.1) is 0 Å². The number of nitrogens with zero attached hydrogens (tertiary/aromatic N) is 1. The molecule has 3 unspecified atom stereocenters. The number of rotatable bonds is 8. The highest BCUT2D eigenvalue weighted by Crippen LogP contribution is 2.60. The van der Waals surface area contributed by atoms with Gasteiger partial charge in [-0.25, -0.2) is 0 Å². The van der Waals surface area contributed by atoms with Crippen molar-refractivity contribution in [2.24, 2.45) is 11.8 Å². The smallest absolute Gasteiger partial charge is 0.246 e. The van der Waals surface area contributed by atoms with Crippen LogP contribution in [0.5, 0.6) is 5.75 Å². The number of β-amino-alcohol motifs (C(OH)–C–C–N with tert-alkyl or cyclic N) is 1. The Morgan fingerprint density at radius 3 is 2.58 bits per heavy atom. The maximum absolute atomic E-state index is 13.7. The minimum Gasteiger partial charge on any atom is -0.494 e. The molecule has 196 valence electrons. The molecule has 5 rings (SSSR count). The largest absolute Gasteiger partial charge is 0.494 e. The van der Waals surface area contributed by atoms with Crippen LogP contribution >= 0.6 is 15.9 Å². The van der Waals surface area contributed by atoms with Crippen molar-refractivity contribution in [2.45, 2.75) is 74.1 Å². The maximum atomic E-state index is 13.7. The second-order valence-electron chi connectivity index (χ2n) is 10.2. The summed E-state index contributed by atoms with van der Waals surface area (Å²) in [4.78, 5) is 42.1. The summed E-state index contributed by atoms with van der Waals surface area (Å²) in [5, 5.41) is 15.8. The van der Waals surface area contributed by atoms with Gasteiger partial charge in [0.15, 0.2) is 0 Å². The van der Waals surface area contributed by atoms with Gasteiger partial charge in [0.2, 0.25) is 17.7 Å². The average Bonchev–Trinajstić information content (AvgIpc) is 3.45. The third-order valence-electron chi connectivity index (χ3n) is 8.07. The number of amides is 3. The molecule has 0 aromatic heterocycles. The summed E-state index contributed by atoms with van der Waals surface area (Å²) < 4.78 is 11.9. The first-order chi connectivity index (χ1) is 17.4. The number of anilines is 1. The van der Waals surface area contributed by atoms with E-state index in [1.165, 1.54) is 4.90 Å². The van der Waals surface area contributed by atoms with E-state index >= 15 is 0 Å². The highest BCUT2D eigenvalue weighted by Gasteiger charge is 2.76. The van der Waals surface area contributed by atoms with Gasteiger partial charge in [-0.2, -0.15) is 0 Å². The number of aliphatic hydroxyl groups excluding tert-OH is 1. The Labute approximate surface area is 219 Å². The Morgan fingerprint density at radius 1 is 1.19 bits per heavy atom. The van der Waals surface area contributed by atoms with Gasteiger partial charge in [-0.05, 0) is 50.5 Å². The van der Waals surface area contributed by atoms with Crippen molar-refractivity contribution >= 4 is 39.3 Å². The summed E-state index contributed by atoms with van der Waals surface area (Å²) in [6.07, 6.45) is 5.06. The van der Waals surface area contributed by atoms with E-state index in [1.807, 2.05) is 6.92 Å². The number of fused-ring (bicyclic) bond motifs is 1. The second kappa shape index (κ2) is 10.3. The predicted octanol–water partition coefficient (Wildman–Crippen LogP) is 2.21. The molecule has 3 amide bonds. The van der Waals surface area contributed by atoms with Crippen molar-refractivity contribution in [2.75, 3.05) is 25.1 Å². The Balaban J connectivity index is 1.40. The molecule has 4 fully saturated rings. The molecule has 1 spiro atoms. The summed E-state index contributed by atoms with van der Waals surface area (Å²) in [6.45, 7) is 2.20. The van der Waals surface area contributed by atoms with Gasteiger partial charge < -0.3 is 30.1 Å². The van der Waals surface area contributed by atoms with Crippen molar-refractivity contribution in [1.29, 1.82) is 0 Å². The van der Waals surface area contributed by atoms with E-state index in [1.54, 1.807) is 24.3 Å². The number of likely N-dealkylation sites (tertiary alicyclic amines) is 1. The van der Waals surface area contributed by atoms with Crippen molar-refractivity contribution in [3.05, 3.63) is 24.3 Å². The summed E-state index contributed by atoms with van der Waals surface area (Å²) >= 11 is 3.67. The fourth-order valence-corrected chi connectivity index (χ4v) is 7.57. The summed E-state index contributed by atoms with van der Waals surface area (Å²) in [6, 6.07) is 6.27. The van der Waals surface area contributed by atoms with Crippen LogP contribution in [0.2, 0.25) is 0 Å². The number of nitrogens with one attached hydrogen (secondary N) is 2. The van der Waals surface area contributed by atoms with E-state index in [-0.39, 0.29) is 41.7 Å². The summed E-state index contributed by atoms with van der Waals surface area (Å²) in [7, 11) is 0. The van der Waals surface area contributed by atoms with Crippen molar-refractivity contribution in [3.8, 4) is 5.75 Å². The molecular weight excluding hydrogens is 530 g/mol. The molecule has 10 heteroatoms. The lowest BCUT2D eigenvalue weighted by atomic mass is 9.70. The number of aliphatic hydroxyl groups is 1. The molecule has 0 radical (unpaired) electrons. The van der Waals surface area contributed by atoms with Crippen LogP contribution in [0.15, 0.2) is 24.3 Å². The van der Waals surface area contributed by atoms with Gasteiger partial charge in [0, 0.05) is 23.1 Å². The molecule has 3 N–H and O–H groups in total. The molecule has 2 bridgehead atoms. The standard InChI is InChI=1S/C26H34BrN3O6/c1-2-35-17-10-8-16(9-11-17)28-23(32)19-20-25(34)30(12-13-31)22(26(20)14-18(27)21(19)36-26)24(33)29-15-6-4-3-5-7-15/h8-11,15,18-22,31H,2-7,12-14H2,1H3,(H,28,32)(H,29,33)/t18?,19-,20-,21-,22?,26?/m0/s1. The molecular formula is C26H34BrN3O6. The van der Waals surface area contributed by atoms with E-state index in [2.05, 4.69) is 26.6 Å². The van der Waals surface area contributed by atoms with Gasteiger partial charge in [-0.1, -0.05) is 35.2 Å². The molecule has 1 saturated carbocycles. The number of carbonyl (C=O) groups excluding carboxylic acids is 3. The average molecular weight is 564 g/mol. The number of hydrogen-bond acceptors (Lipinski definition) is 6. The first-order valence-corrected chi connectivity index (χ1v) is 13.9. The highest BCUT2D eigenvalue weighted by atomic mass is 79.9. The Hall–Kier alpha value is -2.17. The monoisotopic (exact) mass is 563 g/mol. The van der Waals surface area contributed by atoms with Gasteiger partial charge in [-0.3, -0.25) is 14.4 Å². The molecule has 1 aromatic rings. The van der Waals surface area contributed by atoms with Crippen LogP contribution in [0.25, 0.3) is 0 Å². The first kappa shape index (κ1) is 25.5. The minimum atomic E-state index is -1.11. The molecule has 3 aliphatic heterocycles. The van der Waals surface area contributed by atoms with Gasteiger partial charge in [0.25, 0.3) is 0 Å². The lowest BCUT2D eigenvalue weighted by Crippen LogP contribution is -2.57. The Bertz CT molecular complexity index is 1000. The number of alkyl halides is 1. The van der Waals surface area contributed by atoms with E-state index in [0.717, 1.165) is 32.1 Å². The highest BCUT2D eigenvalue weighted by molar-refractivity contribution is 9.09. The lowest BCUT2D eigenvalue weighted by Gasteiger charge is -2.35. The summed E-state index contributed by atoms with van der Waals surface area (Å²) in [5.41, 5.74) is -0.513.